The van der Waals surface area contributed by atoms with Crippen molar-refractivity contribution in [1.82, 2.24) is 4.98 Å². The van der Waals surface area contributed by atoms with Crippen molar-refractivity contribution in [2.45, 2.75) is 32.5 Å². The summed E-state index contributed by atoms with van der Waals surface area (Å²) >= 11 is 1.20. The first-order valence-electron chi connectivity index (χ1n) is 8.18. The van der Waals surface area contributed by atoms with Crippen molar-refractivity contribution in [3.8, 4) is 5.75 Å². The van der Waals surface area contributed by atoms with Crippen LogP contribution in [0.25, 0.3) is 10.1 Å². The number of hydrogen-bond acceptors (Lipinski definition) is 4. The van der Waals surface area contributed by atoms with Crippen LogP contribution in [0, 0.1) is 12.7 Å². The van der Waals surface area contributed by atoms with Crippen LogP contribution in [0.4, 0.5) is 17.6 Å². The van der Waals surface area contributed by atoms with E-state index in [0.717, 1.165) is 12.1 Å². The topological polar surface area (TPSA) is 59.4 Å². The summed E-state index contributed by atoms with van der Waals surface area (Å²) in [5, 5.41) is 11.0. The fourth-order valence-corrected chi connectivity index (χ4v) is 3.81. The molecular weight excluding hydrogens is 398 g/mol. The molecular formula is C19H15F4NO3S. The largest absolute Gasteiger partial charge is 0.489 e. The number of carboxylic acids is 1. The number of thiophene rings is 1. The number of alkyl halides is 3. The summed E-state index contributed by atoms with van der Waals surface area (Å²) in [6.45, 7) is 2.84. The number of hydrogen-bond donors (Lipinski definition) is 1. The van der Waals surface area contributed by atoms with Crippen molar-refractivity contribution >= 4 is 27.4 Å². The molecule has 0 fully saturated rings. The van der Waals surface area contributed by atoms with E-state index in [1.165, 1.54) is 31.3 Å². The number of carboxylic acid groups (broad SMARTS) is 1. The van der Waals surface area contributed by atoms with Crippen LogP contribution in [0.1, 0.15) is 35.4 Å². The molecule has 3 aromatic rings. The monoisotopic (exact) mass is 413 g/mol. The van der Waals surface area contributed by atoms with Gasteiger partial charge < -0.3 is 9.84 Å². The second kappa shape index (κ2) is 7.38. The summed E-state index contributed by atoms with van der Waals surface area (Å²) in [7, 11) is 0. The Balaban J connectivity index is 1.83. The fourth-order valence-electron chi connectivity index (χ4n) is 2.71. The van der Waals surface area contributed by atoms with E-state index in [0.29, 0.717) is 15.8 Å². The number of aromatic nitrogens is 1. The van der Waals surface area contributed by atoms with Crippen LogP contribution >= 0.6 is 11.3 Å². The first-order chi connectivity index (χ1) is 13.1. The number of pyridine rings is 1. The smallest absolute Gasteiger partial charge is 0.433 e. The maximum atomic E-state index is 14.5. The second-order valence-electron chi connectivity index (χ2n) is 6.26. The lowest BCUT2D eigenvalue weighted by Gasteiger charge is -2.12. The van der Waals surface area contributed by atoms with Gasteiger partial charge in [0.15, 0.2) is 0 Å². The highest BCUT2D eigenvalue weighted by atomic mass is 32.1. The van der Waals surface area contributed by atoms with Gasteiger partial charge in [-0.05, 0) is 36.9 Å². The number of nitrogens with zero attached hydrogens (tertiary/aromatic N) is 1. The lowest BCUT2D eigenvalue weighted by atomic mass is 10.0. The zero-order valence-electron chi connectivity index (χ0n) is 14.8. The van der Waals surface area contributed by atoms with Crippen LogP contribution in [-0.2, 0) is 17.6 Å². The molecule has 3 rings (SSSR count). The van der Waals surface area contributed by atoms with Crippen molar-refractivity contribution in [3.63, 3.8) is 0 Å². The molecule has 9 heteroatoms. The molecule has 0 amide bonds. The number of benzene rings is 1. The molecule has 0 aliphatic heterocycles. The van der Waals surface area contributed by atoms with Gasteiger partial charge in [0.2, 0.25) is 0 Å². The lowest BCUT2D eigenvalue weighted by molar-refractivity contribution is -0.141. The molecule has 0 spiro atoms. The van der Waals surface area contributed by atoms with Gasteiger partial charge in [0.1, 0.15) is 23.9 Å². The van der Waals surface area contributed by atoms with Gasteiger partial charge in [-0.1, -0.05) is 6.07 Å². The molecule has 148 valence electrons. The highest BCUT2D eigenvalue weighted by Crippen LogP contribution is 2.36. The van der Waals surface area contributed by atoms with E-state index in [4.69, 9.17) is 9.84 Å². The van der Waals surface area contributed by atoms with E-state index in [2.05, 4.69) is 4.98 Å². The molecule has 28 heavy (non-hydrogen) atoms. The molecule has 0 saturated heterocycles. The van der Waals surface area contributed by atoms with Crippen molar-refractivity contribution in [2.75, 3.05) is 0 Å². The number of fused-ring (bicyclic) bond motifs is 1. The van der Waals surface area contributed by atoms with Gasteiger partial charge in [0, 0.05) is 27.4 Å². The Hall–Kier alpha value is -2.68. The van der Waals surface area contributed by atoms with Crippen molar-refractivity contribution in [1.29, 1.82) is 0 Å². The van der Waals surface area contributed by atoms with Crippen LogP contribution in [-0.4, -0.2) is 16.1 Å². The van der Waals surface area contributed by atoms with Crippen molar-refractivity contribution in [3.05, 3.63) is 58.0 Å². The van der Waals surface area contributed by atoms with Crippen LogP contribution in [0.15, 0.2) is 29.6 Å². The van der Waals surface area contributed by atoms with E-state index in [9.17, 15) is 22.4 Å². The van der Waals surface area contributed by atoms with E-state index in [1.54, 1.807) is 11.4 Å². The highest BCUT2D eigenvalue weighted by molar-refractivity contribution is 7.17. The molecule has 1 unspecified atom stereocenters. The summed E-state index contributed by atoms with van der Waals surface area (Å²) < 4.78 is 58.7. The number of carbonyl (C=O) groups is 1. The molecule has 4 nitrogen and oxygen atoms in total. The maximum Gasteiger partial charge on any atom is 0.433 e. The predicted octanol–water partition coefficient (Wildman–Crippen LogP) is 5.53. The minimum absolute atomic E-state index is 0.0777. The molecule has 0 radical (unpaired) electrons. The van der Waals surface area contributed by atoms with Crippen LogP contribution in [0.3, 0.4) is 0 Å². The summed E-state index contributed by atoms with van der Waals surface area (Å²) in [5.41, 5.74) is 0.0177. The third-order valence-corrected chi connectivity index (χ3v) is 5.29. The standard InChI is InChI=1S/C19H15F4NO3S/c1-9(18(25)26)13-8-28-15-6-12(5-14(20)17(13)15)27-7-11-3-4-16(19(21,22)23)24-10(11)2/h3-6,8-9H,7H2,1-2H3,(H,25,26). The molecule has 0 bridgehead atoms. The Morgan fingerprint density at radius 2 is 2.04 bits per heavy atom. The Morgan fingerprint density at radius 1 is 1.32 bits per heavy atom. The van der Waals surface area contributed by atoms with E-state index >= 15 is 0 Å². The zero-order valence-corrected chi connectivity index (χ0v) is 15.6. The van der Waals surface area contributed by atoms with Gasteiger partial charge in [-0.15, -0.1) is 11.3 Å². The molecule has 1 N–H and O–H groups in total. The van der Waals surface area contributed by atoms with Crippen LogP contribution < -0.4 is 4.74 Å². The predicted molar refractivity (Wildman–Crippen MR) is 96.1 cm³/mol. The average Bonchev–Trinajstić information content (AvgIpc) is 3.03. The quantitative estimate of drug-likeness (QED) is 0.559. The van der Waals surface area contributed by atoms with E-state index in [-0.39, 0.29) is 23.4 Å². The first kappa shape index (κ1) is 20.1. The van der Waals surface area contributed by atoms with Crippen LogP contribution in [0.2, 0.25) is 0 Å². The van der Waals surface area contributed by atoms with Gasteiger partial charge in [-0.25, -0.2) is 9.37 Å². The Bertz CT molecular complexity index is 1050. The number of rotatable bonds is 5. The van der Waals surface area contributed by atoms with Crippen molar-refractivity contribution in [2.24, 2.45) is 0 Å². The second-order valence-corrected chi connectivity index (χ2v) is 7.17. The van der Waals surface area contributed by atoms with Gasteiger partial charge >= 0.3 is 12.1 Å². The minimum atomic E-state index is -4.53. The first-order valence-corrected chi connectivity index (χ1v) is 9.06. The fraction of sp³-hybridized carbons (Fsp3) is 0.263. The number of ether oxygens (including phenoxy) is 1. The molecule has 0 saturated carbocycles. The van der Waals surface area contributed by atoms with E-state index in [1.807, 2.05) is 0 Å². The number of halogens is 4. The third-order valence-electron chi connectivity index (χ3n) is 4.35. The Kier molecular flexibility index (Phi) is 5.29. The summed E-state index contributed by atoms with van der Waals surface area (Å²) in [5.74, 6) is -2.32. The normalized spacial score (nSPS) is 12.9. The maximum absolute atomic E-state index is 14.5. The summed E-state index contributed by atoms with van der Waals surface area (Å²) in [4.78, 5) is 14.7. The molecule has 2 aromatic heterocycles. The number of aliphatic carboxylic acids is 1. The Labute approximate surface area is 161 Å². The third kappa shape index (κ3) is 3.94. The minimum Gasteiger partial charge on any atom is -0.489 e. The molecule has 0 aliphatic carbocycles. The number of aryl methyl sites for hydroxylation is 1. The van der Waals surface area contributed by atoms with Gasteiger partial charge in [-0.3, -0.25) is 4.79 Å². The lowest BCUT2D eigenvalue weighted by Crippen LogP contribution is -2.10. The zero-order chi connectivity index (χ0) is 20.6. The molecule has 1 atom stereocenters. The average molecular weight is 413 g/mol. The van der Waals surface area contributed by atoms with Gasteiger partial charge in [-0.2, -0.15) is 13.2 Å². The highest BCUT2D eigenvalue weighted by Gasteiger charge is 2.32. The van der Waals surface area contributed by atoms with Gasteiger partial charge in [0.25, 0.3) is 0 Å². The molecule has 2 heterocycles. The Morgan fingerprint density at radius 3 is 2.64 bits per heavy atom. The van der Waals surface area contributed by atoms with E-state index < -0.39 is 29.6 Å². The van der Waals surface area contributed by atoms with Crippen molar-refractivity contribution < 1.29 is 32.2 Å². The molecule has 0 aliphatic rings. The van der Waals surface area contributed by atoms with Crippen LogP contribution in [0.5, 0.6) is 5.75 Å². The SMILES string of the molecule is Cc1nc(C(F)(F)F)ccc1COc1cc(F)c2c(C(C)C(=O)O)csc2c1. The molecule has 1 aromatic carbocycles. The summed E-state index contributed by atoms with van der Waals surface area (Å²) in [6, 6.07) is 4.86. The summed E-state index contributed by atoms with van der Waals surface area (Å²) in [6.07, 6.45) is -4.53. The van der Waals surface area contributed by atoms with Gasteiger partial charge in [0.05, 0.1) is 5.92 Å².